The highest BCUT2D eigenvalue weighted by Gasteiger charge is 2.31. The lowest BCUT2D eigenvalue weighted by Gasteiger charge is -2.34. The van der Waals surface area contributed by atoms with E-state index in [2.05, 4.69) is 27.8 Å². The molecule has 1 aromatic carbocycles. The summed E-state index contributed by atoms with van der Waals surface area (Å²) in [5, 5.41) is 0. The van der Waals surface area contributed by atoms with Gasteiger partial charge in [-0.1, -0.05) is 35.7 Å². The van der Waals surface area contributed by atoms with Gasteiger partial charge in [0, 0.05) is 24.2 Å². The molecule has 0 atom stereocenters. The summed E-state index contributed by atoms with van der Waals surface area (Å²) in [4.78, 5) is 2.99. The van der Waals surface area contributed by atoms with Crippen LogP contribution in [-0.2, 0) is 14.8 Å². The molecular formula is C25H41BrN2O3S. The number of ether oxygens (including phenoxy) is 1. The molecule has 3 rings (SSSR count). The zero-order valence-electron chi connectivity index (χ0n) is 19.8. The number of likely N-dealkylation sites (tertiary alicyclic amines) is 1. The molecule has 1 saturated heterocycles. The second-order valence-corrected chi connectivity index (χ2v) is 12.6. The molecule has 182 valence electrons. The topological polar surface area (TPSA) is 49.9 Å². The molecule has 2 fully saturated rings. The molecule has 0 unspecified atom stereocenters. The largest absolute Gasteiger partial charge is 0.378 e. The molecular weight excluding hydrogens is 488 g/mol. The van der Waals surface area contributed by atoms with Crippen LogP contribution in [0.2, 0.25) is 0 Å². The van der Waals surface area contributed by atoms with E-state index in [0.717, 1.165) is 49.1 Å². The molecule has 0 radical (unpaired) electrons. The van der Waals surface area contributed by atoms with Crippen molar-refractivity contribution in [3.8, 4) is 0 Å². The van der Waals surface area contributed by atoms with E-state index < -0.39 is 10.0 Å². The molecule has 1 aromatic rings. The Balaban J connectivity index is 1.27. The van der Waals surface area contributed by atoms with Crippen molar-refractivity contribution in [2.24, 2.45) is 5.92 Å². The van der Waals surface area contributed by atoms with Gasteiger partial charge in [-0.2, -0.15) is 4.31 Å². The van der Waals surface area contributed by atoms with Gasteiger partial charge in [0.15, 0.2) is 0 Å². The van der Waals surface area contributed by atoms with Gasteiger partial charge in [0.2, 0.25) is 10.0 Å². The van der Waals surface area contributed by atoms with Crippen molar-refractivity contribution in [2.75, 3.05) is 33.3 Å². The predicted molar refractivity (Wildman–Crippen MR) is 134 cm³/mol. The molecule has 1 aliphatic heterocycles. The number of nitrogens with zero attached hydrogens (tertiary/aromatic N) is 2. The van der Waals surface area contributed by atoms with Gasteiger partial charge in [-0.15, -0.1) is 0 Å². The minimum Gasteiger partial charge on any atom is -0.378 e. The third kappa shape index (κ3) is 7.79. The average molecular weight is 530 g/mol. The SMILES string of the molecule is CC1CCN(CCCCCCOC2CCC(N(C)S(=O)(=O)c3ccc(Br)cc3)CC2)CC1. The first-order chi connectivity index (χ1) is 15.4. The number of halogens is 1. The van der Waals surface area contributed by atoms with Gasteiger partial charge < -0.3 is 9.64 Å². The fourth-order valence-electron chi connectivity index (χ4n) is 4.87. The van der Waals surface area contributed by atoms with Crippen LogP contribution in [0.25, 0.3) is 0 Å². The van der Waals surface area contributed by atoms with Crippen LogP contribution in [0.15, 0.2) is 33.6 Å². The monoisotopic (exact) mass is 528 g/mol. The smallest absolute Gasteiger partial charge is 0.243 e. The minimum absolute atomic E-state index is 0.0567. The van der Waals surface area contributed by atoms with E-state index in [0.29, 0.717) is 4.90 Å². The summed E-state index contributed by atoms with van der Waals surface area (Å²) >= 11 is 3.36. The van der Waals surface area contributed by atoms with Gasteiger partial charge in [0.1, 0.15) is 0 Å². The molecule has 1 aliphatic carbocycles. The molecule has 2 aliphatic rings. The number of piperidine rings is 1. The zero-order valence-corrected chi connectivity index (χ0v) is 22.2. The Morgan fingerprint density at radius 1 is 0.969 bits per heavy atom. The first-order valence-corrected chi connectivity index (χ1v) is 14.7. The Labute approximate surface area is 204 Å². The normalized spacial score (nSPS) is 23.6. The quantitative estimate of drug-likeness (QED) is 0.346. The van der Waals surface area contributed by atoms with Crippen molar-refractivity contribution in [1.82, 2.24) is 9.21 Å². The van der Waals surface area contributed by atoms with Crippen LogP contribution in [0.5, 0.6) is 0 Å². The third-order valence-electron chi connectivity index (χ3n) is 7.25. The van der Waals surface area contributed by atoms with Crippen LogP contribution in [0.1, 0.15) is 71.1 Å². The fraction of sp³-hybridized carbons (Fsp3) is 0.760. The first-order valence-electron chi connectivity index (χ1n) is 12.4. The summed E-state index contributed by atoms with van der Waals surface area (Å²) in [6.07, 6.45) is 11.6. The zero-order chi connectivity index (χ0) is 23.0. The van der Waals surface area contributed by atoms with Gasteiger partial charge in [-0.05, 0) is 101 Å². The van der Waals surface area contributed by atoms with Crippen molar-refractivity contribution in [3.05, 3.63) is 28.7 Å². The molecule has 0 amide bonds. The summed E-state index contributed by atoms with van der Waals surface area (Å²) in [7, 11) is -1.73. The number of benzene rings is 1. The van der Waals surface area contributed by atoms with Gasteiger partial charge in [0.25, 0.3) is 0 Å². The maximum Gasteiger partial charge on any atom is 0.243 e. The molecule has 0 N–H and O–H groups in total. The Bertz CT molecular complexity index is 771. The predicted octanol–water partition coefficient (Wildman–Crippen LogP) is 5.69. The van der Waals surface area contributed by atoms with Gasteiger partial charge in [-0.3, -0.25) is 0 Å². The molecule has 0 aromatic heterocycles. The molecule has 1 saturated carbocycles. The molecule has 1 heterocycles. The van der Waals surface area contributed by atoms with Crippen molar-refractivity contribution < 1.29 is 13.2 Å². The van der Waals surface area contributed by atoms with Crippen molar-refractivity contribution >= 4 is 26.0 Å². The number of unbranched alkanes of at least 4 members (excludes halogenated alkanes) is 3. The molecule has 32 heavy (non-hydrogen) atoms. The Morgan fingerprint density at radius 2 is 1.59 bits per heavy atom. The third-order valence-corrected chi connectivity index (χ3v) is 9.70. The maximum absolute atomic E-state index is 12.9. The summed E-state index contributed by atoms with van der Waals surface area (Å²) in [5.74, 6) is 0.912. The highest BCUT2D eigenvalue weighted by Crippen LogP contribution is 2.29. The van der Waals surface area contributed by atoms with Crippen LogP contribution >= 0.6 is 15.9 Å². The van der Waals surface area contributed by atoms with Crippen LogP contribution < -0.4 is 0 Å². The lowest BCUT2D eigenvalue weighted by Crippen LogP contribution is -2.40. The summed E-state index contributed by atoms with van der Waals surface area (Å²) in [5.41, 5.74) is 0. The lowest BCUT2D eigenvalue weighted by atomic mass is 9.93. The van der Waals surface area contributed by atoms with E-state index in [9.17, 15) is 8.42 Å². The van der Waals surface area contributed by atoms with Crippen molar-refractivity contribution in [1.29, 1.82) is 0 Å². The molecule has 0 bridgehead atoms. The summed E-state index contributed by atoms with van der Waals surface area (Å²) in [6.45, 7) is 7.03. The Hall–Kier alpha value is -0.470. The van der Waals surface area contributed by atoms with E-state index in [1.165, 1.54) is 51.7 Å². The van der Waals surface area contributed by atoms with Crippen LogP contribution in [0, 0.1) is 5.92 Å². The maximum atomic E-state index is 12.9. The van der Waals surface area contributed by atoms with Crippen LogP contribution in [0.4, 0.5) is 0 Å². The van der Waals surface area contributed by atoms with Crippen molar-refractivity contribution in [3.63, 3.8) is 0 Å². The van der Waals surface area contributed by atoms with E-state index in [-0.39, 0.29) is 12.1 Å². The van der Waals surface area contributed by atoms with Gasteiger partial charge >= 0.3 is 0 Å². The van der Waals surface area contributed by atoms with Crippen LogP contribution in [0.3, 0.4) is 0 Å². The highest BCUT2D eigenvalue weighted by atomic mass is 79.9. The van der Waals surface area contributed by atoms with Crippen molar-refractivity contribution in [2.45, 2.75) is 88.2 Å². The Morgan fingerprint density at radius 3 is 2.25 bits per heavy atom. The first kappa shape index (κ1) is 26.1. The van der Waals surface area contributed by atoms with E-state index >= 15 is 0 Å². The number of hydrogen-bond acceptors (Lipinski definition) is 4. The van der Waals surface area contributed by atoms with E-state index in [4.69, 9.17) is 4.74 Å². The van der Waals surface area contributed by atoms with E-state index in [1.54, 1.807) is 35.6 Å². The fourth-order valence-corrected chi connectivity index (χ4v) is 6.55. The van der Waals surface area contributed by atoms with Gasteiger partial charge in [-0.25, -0.2) is 8.42 Å². The minimum atomic E-state index is -3.45. The summed E-state index contributed by atoms with van der Waals surface area (Å²) in [6, 6.07) is 6.94. The molecule has 5 nitrogen and oxygen atoms in total. The standard InChI is InChI=1S/C25H41BrN2O3S/c1-21-15-18-28(19-16-21)17-5-3-4-6-20-31-24-11-9-23(10-12-24)27(2)32(29,30)25-13-7-22(26)8-14-25/h7-8,13-14,21,23-24H,3-6,9-12,15-20H2,1-2H3. The number of rotatable bonds is 11. The average Bonchev–Trinajstić information content (AvgIpc) is 2.80. The lowest BCUT2D eigenvalue weighted by molar-refractivity contribution is 0.0156. The number of hydrogen-bond donors (Lipinski definition) is 0. The second kappa shape index (κ2) is 12.8. The molecule has 7 heteroatoms. The molecule has 0 spiro atoms. The summed E-state index contributed by atoms with van der Waals surface area (Å²) < 4.78 is 34.4. The van der Waals surface area contributed by atoms with Crippen LogP contribution in [-0.4, -0.2) is 63.1 Å². The van der Waals surface area contributed by atoms with E-state index in [1.807, 2.05) is 0 Å². The number of sulfonamides is 1. The Kier molecular flexibility index (Phi) is 10.5. The second-order valence-electron chi connectivity index (χ2n) is 9.71. The highest BCUT2D eigenvalue weighted by molar-refractivity contribution is 9.10. The van der Waals surface area contributed by atoms with Gasteiger partial charge in [0.05, 0.1) is 11.0 Å².